The Kier molecular flexibility index (Phi) is 7.75. The fraction of sp³-hybridized carbons (Fsp3) is 0.350. The predicted octanol–water partition coefficient (Wildman–Crippen LogP) is 5.66. The number of rotatable bonds is 9. The summed E-state index contributed by atoms with van der Waals surface area (Å²) < 4.78 is 23.4. The minimum atomic E-state index is -3.05. The number of benzene rings is 2. The molecule has 0 bridgehead atoms. The van der Waals surface area contributed by atoms with Gasteiger partial charge in [0.25, 0.3) is 7.37 Å². The van der Waals surface area contributed by atoms with Crippen molar-refractivity contribution in [2.45, 2.75) is 32.8 Å². The van der Waals surface area contributed by atoms with E-state index in [-0.39, 0.29) is 6.61 Å². The first kappa shape index (κ1) is 19.3. The number of carbonyl (C=O) groups is 1. The first-order valence-electron chi connectivity index (χ1n) is 8.63. The monoisotopic (exact) mass is 360 g/mol. The highest BCUT2D eigenvalue weighted by atomic mass is 31.2. The molecule has 25 heavy (non-hydrogen) atoms. The van der Waals surface area contributed by atoms with Crippen molar-refractivity contribution in [2.75, 3.05) is 12.3 Å². The van der Waals surface area contributed by atoms with Crippen LogP contribution in [0.2, 0.25) is 0 Å². The van der Waals surface area contributed by atoms with Crippen LogP contribution in [0.15, 0.2) is 60.7 Å². The summed E-state index contributed by atoms with van der Waals surface area (Å²) in [5.41, 5.74) is 1.95. The third-order valence-electron chi connectivity index (χ3n) is 3.88. The number of unbranched alkanes of at least 4 members (excludes halogenated alkanes) is 1. The van der Waals surface area contributed by atoms with Gasteiger partial charge in [-0.25, -0.2) is 4.79 Å². The number of aryl methyl sites for hydroxylation is 1. The van der Waals surface area contributed by atoms with Gasteiger partial charge in [-0.15, -0.1) is 0 Å². The normalized spacial score (nSPS) is 13.0. The molecule has 0 spiro atoms. The van der Waals surface area contributed by atoms with E-state index in [1.807, 2.05) is 67.6 Å². The molecule has 0 aromatic heterocycles. The number of hydrogen-bond acceptors (Lipinski definition) is 4. The smallest absolute Gasteiger partial charge is 0.429 e. The van der Waals surface area contributed by atoms with Crippen molar-refractivity contribution in [3.05, 3.63) is 71.8 Å². The first-order valence-corrected chi connectivity index (χ1v) is 10.6. The molecular weight excluding hydrogens is 335 g/mol. The molecule has 0 N–H and O–H groups in total. The second-order valence-corrected chi connectivity index (χ2v) is 8.67. The van der Waals surface area contributed by atoms with Crippen molar-refractivity contribution in [1.82, 2.24) is 0 Å². The van der Waals surface area contributed by atoms with Crippen LogP contribution in [0, 0.1) is 0 Å². The maximum absolute atomic E-state index is 13.0. The van der Waals surface area contributed by atoms with Crippen LogP contribution < -0.4 is 0 Å². The SMILES string of the molecule is CCCCP(=O)(CCc1ccccc1)OC(=O)OCc1ccccc1. The molecular formula is C20H25O4P. The highest BCUT2D eigenvalue weighted by Crippen LogP contribution is 2.48. The van der Waals surface area contributed by atoms with E-state index in [2.05, 4.69) is 0 Å². The molecule has 2 aromatic carbocycles. The lowest BCUT2D eigenvalue weighted by molar-refractivity contribution is 0.0938. The third kappa shape index (κ3) is 7.15. The molecule has 0 amide bonds. The zero-order valence-corrected chi connectivity index (χ0v) is 15.5. The Bertz CT molecular complexity index is 685. The van der Waals surface area contributed by atoms with Gasteiger partial charge in [0.05, 0.1) is 0 Å². The van der Waals surface area contributed by atoms with Gasteiger partial charge in [-0.3, -0.25) is 4.57 Å². The molecule has 0 radical (unpaired) electrons. The van der Waals surface area contributed by atoms with Crippen molar-refractivity contribution in [3.63, 3.8) is 0 Å². The van der Waals surface area contributed by atoms with Crippen LogP contribution in [0.3, 0.4) is 0 Å². The maximum atomic E-state index is 13.0. The van der Waals surface area contributed by atoms with Crippen molar-refractivity contribution >= 4 is 13.5 Å². The second-order valence-electron chi connectivity index (χ2n) is 5.97. The molecule has 0 heterocycles. The summed E-state index contributed by atoms with van der Waals surface area (Å²) in [5, 5.41) is 0. The van der Waals surface area contributed by atoms with Crippen LogP contribution >= 0.6 is 7.37 Å². The van der Waals surface area contributed by atoms with E-state index in [9.17, 15) is 9.36 Å². The zero-order valence-electron chi connectivity index (χ0n) is 14.6. The molecule has 0 aliphatic heterocycles. The predicted molar refractivity (Wildman–Crippen MR) is 100 cm³/mol. The van der Waals surface area contributed by atoms with E-state index in [4.69, 9.17) is 9.26 Å². The fourth-order valence-electron chi connectivity index (χ4n) is 2.42. The van der Waals surface area contributed by atoms with Crippen molar-refractivity contribution in [2.24, 2.45) is 0 Å². The zero-order chi connectivity index (χ0) is 18.0. The Hall–Kier alpha value is -2.06. The van der Waals surface area contributed by atoms with E-state index in [0.29, 0.717) is 18.7 Å². The minimum Gasteiger partial charge on any atom is -0.429 e. The molecule has 0 aliphatic rings. The molecule has 0 saturated carbocycles. The van der Waals surface area contributed by atoms with Gasteiger partial charge in [0.15, 0.2) is 0 Å². The summed E-state index contributed by atoms with van der Waals surface area (Å²) in [4.78, 5) is 12.0. The van der Waals surface area contributed by atoms with Crippen LogP contribution in [0.5, 0.6) is 0 Å². The lowest BCUT2D eigenvalue weighted by Crippen LogP contribution is -2.10. The first-order chi connectivity index (χ1) is 12.1. The average Bonchev–Trinajstić information content (AvgIpc) is 2.65. The van der Waals surface area contributed by atoms with Crippen molar-refractivity contribution in [1.29, 1.82) is 0 Å². The topological polar surface area (TPSA) is 52.6 Å². The van der Waals surface area contributed by atoms with Crippen LogP contribution in [0.25, 0.3) is 0 Å². The van der Waals surface area contributed by atoms with Crippen LogP contribution in [-0.4, -0.2) is 18.5 Å². The summed E-state index contributed by atoms with van der Waals surface area (Å²) in [5.74, 6) is 0. The summed E-state index contributed by atoms with van der Waals surface area (Å²) in [6, 6.07) is 19.2. The standard InChI is InChI=1S/C20H25O4P/c1-2-3-15-25(22,16-14-18-10-6-4-7-11-18)24-20(21)23-17-19-12-8-5-9-13-19/h4-13H,2-3,14-17H2,1H3. The van der Waals surface area contributed by atoms with Crippen LogP contribution in [0.1, 0.15) is 30.9 Å². The van der Waals surface area contributed by atoms with Gasteiger partial charge in [-0.1, -0.05) is 74.0 Å². The van der Waals surface area contributed by atoms with Gasteiger partial charge in [-0.05, 0) is 24.0 Å². The quantitative estimate of drug-likeness (QED) is 0.428. The van der Waals surface area contributed by atoms with Gasteiger partial charge in [0.2, 0.25) is 0 Å². The highest BCUT2D eigenvalue weighted by Gasteiger charge is 2.27. The maximum Gasteiger partial charge on any atom is 0.513 e. The summed E-state index contributed by atoms with van der Waals surface area (Å²) in [7, 11) is -3.05. The van der Waals surface area contributed by atoms with E-state index < -0.39 is 13.5 Å². The minimum absolute atomic E-state index is 0.117. The molecule has 0 aliphatic carbocycles. The van der Waals surface area contributed by atoms with Crippen molar-refractivity contribution < 1.29 is 18.6 Å². The second kappa shape index (κ2) is 10.0. The Morgan fingerprint density at radius 1 is 0.920 bits per heavy atom. The van der Waals surface area contributed by atoms with Gasteiger partial charge >= 0.3 is 6.16 Å². The largest absolute Gasteiger partial charge is 0.513 e. The van der Waals surface area contributed by atoms with Crippen molar-refractivity contribution in [3.8, 4) is 0 Å². The van der Waals surface area contributed by atoms with E-state index >= 15 is 0 Å². The van der Waals surface area contributed by atoms with E-state index in [1.165, 1.54) is 0 Å². The van der Waals surface area contributed by atoms with Crippen LogP contribution in [0.4, 0.5) is 4.79 Å². The lowest BCUT2D eigenvalue weighted by Gasteiger charge is -2.18. The molecule has 2 aromatic rings. The van der Waals surface area contributed by atoms with Gasteiger partial charge in [-0.2, -0.15) is 0 Å². The summed E-state index contributed by atoms with van der Waals surface area (Å²) in [6.45, 7) is 2.14. The number of ether oxygens (including phenoxy) is 1. The molecule has 5 heteroatoms. The Balaban J connectivity index is 1.90. The van der Waals surface area contributed by atoms with E-state index in [1.54, 1.807) is 0 Å². The molecule has 1 unspecified atom stereocenters. The number of hydrogen-bond donors (Lipinski definition) is 0. The molecule has 134 valence electrons. The molecule has 0 saturated heterocycles. The molecule has 0 fully saturated rings. The summed E-state index contributed by atoms with van der Waals surface area (Å²) in [6.07, 6.45) is 2.17. The lowest BCUT2D eigenvalue weighted by atomic mass is 10.2. The third-order valence-corrected chi connectivity index (χ3v) is 6.26. The number of carbonyl (C=O) groups excluding carboxylic acids is 1. The Morgan fingerprint density at radius 2 is 1.52 bits per heavy atom. The Labute approximate surface area is 149 Å². The molecule has 2 rings (SSSR count). The van der Waals surface area contributed by atoms with Gasteiger partial charge < -0.3 is 9.26 Å². The molecule has 1 atom stereocenters. The fourth-order valence-corrected chi connectivity index (χ4v) is 4.55. The molecule has 4 nitrogen and oxygen atoms in total. The highest BCUT2D eigenvalue weighted by molar-refractivity contribution is 7.59. The summed E-state index contributed by atoms with van der Waals surface area (Å²) >= 11 is 0. The van der Waals surface area contributed by atoms with Crippen LogP contribution in [-0.2, 0) is 26.9 Å². The van der Waals surface area contributed by atoms with Gasteiger partial charge in [0.1, 0.15) is 6.61 Å². The average molecular weight is 360 g/mol. The Morgan fingerprint density at radius 3 is 2.12 bits per heavy atom. The van der Waals surface area contributed by atoms with E-state index in [0.717, 1.165) is 24.0 Å². The van der Waals surface area contributed by atoms with Gasteiger partial charge in [0, 0.05) is 12.3 Å².